The van der Waals surface area contributed by atoms with Gasteiger partial charge >= 0.3 is 6.18 Å². The minimum absolute atomic E-state index is 0. The highest BCUT2D eigenvalue weighted by Gasteiger charge is 2.41. The summed E-state index contributed by atoms with van der Waals surface area (Å²) in [5.74, 6) is -1.38. The quantitative estimate of drug-likeness (QED) is 0.735. The van der Waals surface area contributed by atoms with Crippen LogP contribution >= 0.6 is 12.4 Å². The number of methoxy groups -OCH3 is 1. The molecule has 1 fully saturated rings. The zero-order valence-electron chi connectivity index (χ0n) is 11.5. The lowest BCUT2D eigenvalue weighted by Gasteiger charge is -2.30. The Hall–Kier alpha value is -0.530. The molecule has 0 aromatic rings. The highest BCUT2D eigenvalue weighted by Crippen LogP contribution is 2.37. The number of ether oxygens (including phenoxy) is 1. The van der Waals surface area contributed by atoms with Gasteiger partial charge in [-0.25, -0.2) is 0 Å². The van der Waals surface area contributed by atoms with Crippen LogP contribution in [0.15, 0.2) is 0 Å². The van der Waals surface area contributed by atoms with Gasteiger partial charge in [-0.15, -0.1) is 12.4 Å². The predicted molar refractivity (Wildman–Crippen MR) is 71.9 cm³/mol. The summed E-state index contributed by atoms with van der Waals surface area (Å²) in [6, 6.07) is -0.129. The Balaban J connectivity index is 0.00000361. The molecule has 0 aromatic carbocycles. The van der Waals surface area contributed by atoms with Gasteiger partial charge in [0.2, 0.25) is 5.91 Å². The predicted octanol–water partition coefficient (Wildman–Crippen LogP) is 1.88. The molecule has 0 atom stereocenters. The average Bonchev–Trinajstić information content (AvgIpc) is 2.34. The molecule has 0 aliphatic heterocycles. The van der Waals surface area contributed by atoms with E-state index in [-0.39, 0.29) is 43.7 Å². The largest absolute Gasteiger partial charge is 0.391 e. The van der Waals surface area contributed by atoms with Gasteiger partial charge in [0, 0.05) is 19.7 Å². The number of amides is 1. The summed E-state index contributed by atoms with van der Waals surface area (Å²) in [7, 11) is 1.57. The van der Waals surface area contributed by atoms with E-state index in [0.717, 1.165) is 0 Å². The maximum absolute atomic E-state index is 12.5. The minimum Gasteiger partial charge on any atom is -0.383 e. The van der Waals surface area contributed by atoms with Crippen molar-refractivity contribution in [3.63, 3.8) is 0 Å². The van der Waals surface area contributed by atoms with Crippen molar-refractivity contribution in [1.29, 1.82) is 0 Å². The van der Waals surface area contributed by atoms with Crippen LogP contribution in [0.1, 0.15) is 25.7 Å². The van der Waals surface area contributed by atoms with Crippen LogP contribution in [-0.2, 0) is 9.53 Å². The highest BCUT2D eigenvalue weighted by molar-refractivity contribution is 5.85. The molecule has 8 heteroatoms. The molecule has 120 valence electrons. The average molecular weight is 319 g/mol. The molecule has 4 nitrogen and oxygen atoms in total. The second-order valence-corrected chi connectivity index (χ2v) is 4.83. The smallest absolute Gasteiger partial charge is 0.383 e. The number of halogens is 4. The van der Waals surface area contributed by atoms with Crippen molar-refractivity contribution < 1.29 is 22.7 Å². The summed E-state index contributed by atoms with van der Waals surface area (Å²) >= 11 is 0. The SMILES string of the molecule is COCCNCC(=O)NC1CCC(C(F)(F)F)CC1.Cl. The van der Waals surface area contributed by atoms with E-state index in [0.29, 0.717) is 26.0 Å². The van der Waals surface area contributed by atoms with Crippen LogP contribution in [0.3, 0.4) is 0 Å². The molecule has 1 aliphatic rings. The van der Waals surface area contributed by atoms with Gasteiger partial charge in [0.05, 0.1) is 19.1 Å². The lowest BCUT2D eigenvalue weighted by atomic mass is 9.85. The van der Waals surface area contributed by atoms with Gasteiger partial charge < -0.3 is 15.4 Å². The molecule has 1 amide bonds. The van der Waals surface area contributed by atoms with E-state index >= 15 is 0 Å². The van der Waals surface area contributed by atoms with E-state index < -0.39 is 12.1 Å². The number of alkyl halides is 3. The second kappa shape index (κ2) is 9.41. The van der Waals surface area contributed by atoms with Crippen molar-refractivity contribution in [2.45, 2.75) is 37.9 Å². The summed E-state index contributed by atoms with van der Waals surface area (Å²) in [6.07, 6.45) is -3.10. The van der Waals surface area contributed by atoms with E-state index in [1.165, 1.54) is 0 Å². The molecule has 0 heterocycles. The van der Waals surface area contributed by atoms with Crippen LogP contribution in [0.5, 0.6) is 0 Å². The first-order chi connectivity index (χ1) is 8.93. The minimum atomic E-state index is -4.10. The topological polar surface area (TPSA) is 50.4 Å². The third-order valence-corrected chi connectivity index (χ3v) is 3.32. The standard InChI is InChI=1S/C12H21F3N2O2.ClH/c1-19-7-6-16-8-11(18)17-10-4-2-9(3-5-10)12(13,14)15;/h9-10,16H,2-8H2,1H3,(H,17,18);1H. The molecule has 0 spiro atoms. The first-order valence-electron chi connectivity index (χ1n) is 6.49. The van der Waals surface area contributed by atoms with E-state index in [2.05, 4.69) is 10.6 Å². The van der Waals surface area contributed by atoms with Gasteiger partial charge in [-0.3, -0.25) is 4.79 Å². The van der Waals surface area contributed by atoms with Gasteiger partial charge in [-0.1, -0.05) is 0 Å². The van der Waals surface area contributed by atoms with Gasteiger partial charge in [0.25, 0.3) is 0 Å². The van der Waals surface area contributed by atoms with Crippen molar-refractivity contribution >= 4 is 18.3 Å². The molecule has 0 aromatic heterocycles. The zero-order valence-corrected chi connectivity index (χ0v) is 12.3. The maximum atomic E-state index is 12.5. The first kappa shape index (κ1) is 19.5. The molecule has 20 heavy (non-hydrogen) atoms. The summed E-state index contributed by atoms with van der Waals surface area (Å²) in [4.78, 5) is 11.5. The summed E-state index contributed by atoms with van der Waals surface area (Å²) < 4.78 is 42.2. The molecule has 0 saturated heterocycles. The number of carbonyl (C=O) groups is 1. The first-order valence-corrected chi connectivity index (χ1v) is 6.49. The molecule has 0 unspecified atom stereocenters. The van der Waals surface area contributed by atoms with Crippen molar-refractivity contribution in [2.75, 3.05) is 26.8 Å². The normalized spacial score (nSPS) is 23.0. The van der Waals surface area contributed by atoms with Gasteiger partial charge in [-0.2, -0.15) is 13.2 Å². The van der Waals surface area contributed by atoms with E-state index in [1.807, 2.05) is 0 Å². The van der Waals surface area contributed by atoms with Crippen LogP contribution in [-0.4, -0.2) is 44.9 Å². The number of hydrogen-bond acceptors (Lipinski definition) is 3. The highest BCUT2D eigenvalue weighted by atomic mass is 35.5. The molecule has 1 rings (SSSR count). The van der Waals surface area contributed by atoms with Gasteiger partial charge in [-0.05, 0) is 25.7 Å². The second-order valence-electron chi connectivity index (χ2n) is 4.83. The Labute approximate surface area is 123 Å². The summed E-state index contributed by atoms with van der Waals surface area (Å²) in [6.45, 7) is 1.26. The van der Waals surface area contributed by atoms with Crippen molar-refractivity contribution in [2.24, 2.45) is 5.92 Å². The van der Waals surface area contributed by atoms with E-state index in [9.17, 15) is 18.0 Å². The van der Waals surface area contributed by atoms with E-state index in [1.54, 1.807) is 7.11 Å². The fourth-order valence-electron chi connectivity index (χ4n) is 2.22. The Kier molecular flexibility index (Phi) is 9.16. The van der Waals surface area contributed by atoms with E-state index in [4.69, 9.17) is 4.74 Å². The third kappa shape index (κ3) is 7.31. The maximum Gasteiger partial charge on any atom is 0.391 e. The molecular formula is C12H22ClF3N2O2. The number of hydrogen-bond donors (Lipinski definition) is 2. The molecule has 1 aliphatic carbocycles. The van der Waals surface area contributed by atoms with Crippen LogP contribution in [0.25, 0.3) is 0 Å². The van der Waals surface area contributed by atoms with Crippen LogP contribution < -0.4 is 10.6 Å². The number of nitrogens with one attached hydrogen (secondary N) is 2. The number of rotatable bonds is 6. The lowest BCUT2D eigenvalue weighted by Crippen LogP contribution is -2.43. The van der Waals surface area contributed by atoms with Crippen LogP contribution in [0.2, 0.25) is 0 Å². The summed E-state index contributed by atoms with van der Waals surface area (Å²) in [5.41, 5.74) is 0. The molecule has 0 radical (unpaired) electrons. The number of carbonyl (C=O) groups excluding carboxylic acids is 1. The van der Waals surface area contributed by atoms with Crippen molar-refractivity contribution in [3.05, 3.63) is 0 Å². The van der Waals surface area contributed by atoms with Crippen LogP contribution in [0, 0.1) is 5.92 Å². The Morgan fingerprint density at radius 1 is 1.25 bits per heavy atom. The molecule has 0 bridgehead atoms. The molecule has 2 N–H and O–H groups in total. The molecule has 1 saturated carbocycles. The third-order valence-electron chi connectivity index (χ3n) is 3.32. The monoisotopic (exact) mass is 318 g/mol. The Bertz CT molecular complexity index is 282. The lowest BCUT2D eigenvalue weighted by molar-refractivity contribution is -0.182. The van der Waals surface area contributed by atoms with Gasteiger partial charge in [0.15, 0.2) is 0 Å². The fourth-order valence-corrected chi connectivity index (χ4v) is 2.22. The Morgan fingerprint density at radius 3 is 2.35 bits per heavy atom. The molecular weight excluding hydrogens is 297 g/mol. The summed E-state index contributed by atoms with van der Waals surface area (Å²) in [5, 5.41) is 5.65. The van der Waals surface area contributed by atoms with Crippen LogP contribution in [0.4, 0.5) is 13.2 Å². The van der Waals surface area contributed by atoms with Gasteiger partial charge in [0.1, 0.15) is 0 Å². The Morgan fingerprint density at radius 2 is 1.85 bits per heavy atom. The van der Waals surface area contributed by atoms with Crippen molar-refractivity contribution in [3.8, 4) is 0 Å². The van der Waals surface area contributed by atoms with Crippen molar-refractivity contribution in [1.82, 2.24) is 10.6 Å². The zero-order chi connectivity index (χ0) is 14.3. The fraction of sp³-hybridized carbons (Fsp3) is 0.917.